The van der Waals surface area contributed by atoms with Gasteiger partial charge in [-0.05, 0) is 18.6 Å². The molecule has 6 nitrogen and oxygen atoms in total. The molecule has 0 aliphatic heterocycles. The van der Waals surface area contributed by atoms with Crippen LogP contribution in [-0.4, -0.2) is 35.6 Å². The van der Waals surface area contributed by atoms with Gasteiger partial charge in [-0.25, -0.2) is 9.78 Å². The fourth-order valence-electron chi connectivity index (χ4n) is 1.14. The third-order valence-corrected chi connectivity index (χ3v) is 2.05. The molecular weight excluding hydrogens is 224 g/mol. The molecule has 1 aromatic rings. The minimum absolute atomic E-state index is 0.0253. The zero-order valence-corrected chi connectivity index (χ0v) is 9.47. The summed E-state index contributed by atoms with van der Waals surface area (Å²) < 4.78 is 5.30. The number of aromatic nitrogens is 1. The van der Waals surface area contributed by atoms with Gasteiger partial charge in [-0.15, -0.1) is 0 Å². The van der Waals surface area contributed by atoms with E-state index < -0.39 is 5.97 Å². The van der Waals surface area contributed by atoms with Gasteiger partial charge in [0, 0.05) is 13.5 Å². The maximum atomic E-state index is 10.9. The van der Waals surface area contributed by atoms with E-state index in [1.165, 1.54) is 18.3 Å². The lowest BCUT2D eigenvalue weighted by molar-refractivity contribution is -0.120. The Morgan fingerprint density at radius 2 is 2.24 bits per heavy atom. The third kappa shape index (κ3) is 4.50. The summed E-state index contributed by atoms with van der Waals surface area (Å²) in [6.45, 7) is 0.390. The number of carboxylic acids is 1. The Morgan fingerprint density at radius 3 is 2.76 bits per heavy atom. The molecule has 0 fully saturated rings. The van der Waals surface area contributed by atoms with Gasteiger partial charge in [0.05, 0.1) is 12.8 Å². The second-order valence-electron chi connectivity index (χ2n) is 3.31. The maximum absolute atomic E-state index is 10.9. The van der Waals surface area contributed by atoms with Crippen molar-refractivity contribution in [1.82, 2.24) is 10.3 Å². The zero-order valence-electron chi connectivity index (χ0n) is 9.47. The minimum atomic E-state index is -1.07. The summed E-state index contributed by atoms with van der Waals surface area (Å²) in [5.74, 6) is -0.615. The molecule has 92 valence electrons. The van der Waals surface area contributed by atoms with Crippen LogP contribution in [0.2, 0.25) is 0 Å². The maximum Gasteiger partial charge on any atom is 0.354 e. The average Bonchev–Trinajstić information content (AvgIpc) is 2.34. The summed E-state index contributed by atoms with van der Waals surface area (Å²) in [4.78, 5) is 25.1. The fourth-order valence-corrected chi connectivity index (χ4v) is 1.14. The number of nitrogens with zero attached hydrogens (tertiary/aromatic N) is 1. The number of hydrogen-bond acceptors (Lipinski definition) is 4. The lowest BCUT2D eigenvalue weighted by atomic mass is 10.3. The van der Waals surface area contributed by atoms with Crippen LogP contribution in [0.5, 0.6) is 5.75 Å². The Labute approximate surface area is 98.6 Å². The summed E-state index contributed by atoms with van der Waals surface area (Å²) >= 11 is 0. The molecule has 1 amide bonds. The van der Waals surface area contributed by atoms with Crippen LogP contribution >= 0.6 is 0 Å². The van der Waals surface area contributed by atoms with Gasteiger partial charge in [-0.2, -0.15) is 0 Å². The van der Waals surface area contributed by atoms with E-state index >= 15 is 0 Å². The van der Waals surface area contributed by atoms with E-state index in [0.29, 0.717) is 25.2 Å². The van der Waals surface area contributed by atoms with Crippen molar-refractivity contribution in [3.8, 4) is 5.75 Å². The first kappa shape index (κ1) is 13.0. The minimum Gasteiger partial charge on any atom is -0.492 e. The molecule has 1 heterocycles. The molecule has 17 heavy (non-hydrogen) atoms. The second kappa shape index (κ2) is 6.47. The van der Waals surface area contributed by atoms with Gasteiger partial charge in [0.15, 0.2) is 0 Å². The second-order valence-corrected chi connectivity index (χ2v) is 3.31. The highest BCUT2D eigenvalue weighted by molar-refractivity contribution is 5.85. The molecular formula is C11H14N2O4. The van der Waals surface area contributed by atoms with Gasteiger partial charge < -0.3 is 15.2 Å². The molecule has 1 aromatic heterocycles. The number of carbonyl (C=O) groups excluding carboxylic acids is 1. The molecule has 0 atom stereocenters. The summed E-state index contributed by atoms with van der Waals surface area (Å²) in [7, 11) is 1.58. The number of amides is 1. The first-order chi connectivity index (χ1) is 8.13. The lowest BCUT2D eigenvalue weighted by Crippen LogP contribution is -2.18. The third-order valence-electron chi connectivity index (χ3n) is 2.05. The molecule has 2 N–H and O–H groups in total. The standard InChI is InChI=1S/C11H14N2O4/c1-12-10(14)3-2-6-17-8-4-5-9(11(15)16)13-7-8/h4-5,7H,2-3,6H2,1H3,(H,12,14)(H,15,16). The van der Waals surface area contributed by atoms with Crippen LogP contribution in [0.15, 0.2) is 18.3 Å². The number of pyridine rings is 1. The molecule has 0 aliphatic carbocycles. The highest BCUT2D eigenvalue weighted by Crippen LogP contribution is 2.09. The fraction of sp³-hybridized carbons (Fsp3) is 0.364. The smallest absolute Gasteiger partial charge is 0.354 e. The van der Waals surface area contributed by atoms with Crippen molar-refractivity contribution in [1.29, 1.82) is 0 Å². The van der Waals surface area contributed by atoms with Crippen LogP contribution in [0, 0.1) is 0 Å². The Kier molecular flexibility index (Phi) is 4.93. The number of ether oxygens (including phenoxy) is 1. The largest absolute Gasteiger partial charge is 0.492 e. The molecule has 0 aliphatic rings. The van der Waals surface area contributed by atoms with E-state index in [1.54, 1.807) is 7.05 Å². The van der Waals surface area contributed by atoms with Gasteiger partial charge in [0.1, 0.15) is 11.4 Å². The normalized spacial score (nSPS) is 9.71. The van der Waals surface area contributed by atoms with Gasteiger partial charge in [0.2, 0.25) is 5.91 Å². The number of hydrogen-bond donors (Lipinski definition) is 2. The van der Waals surface area contributed by atoms with Crippen molar-refractivity contribution in [2.75, 3.05) is 13.7 Å². The molecule has 0 spiro atoms. The number of carboxylic acid groups (broad SMARTS) is 1. The first-order valence-electron chi connectivity index (χ1n) is 5.16. The van der Waals surface area contributed by atoms with E-state index in [-0.39, 0.29) is 11.6 Å². The van der Waals surface area contributed by atoms with Crippen LogP contribution < -0.4 is 10.1 Å². The van der Waals surface area contributed by atoms with Crippen molar-refractivity contribution in [2.45, 2.75) is 12.8 Å². The van der Waals surface area contributed by atoms with Crippen LogP contribution in [0.1, 0.15) is 23.3 Å². The van der Waals surface area contributed by atoms with Crippen LogP contribution in [0.3, 0.4) is 0 Å². The van der Waals surface area contributed by atoms with E-state index in [1.807, 2.05) is 0 Å². The van der Waals surface area contributed by atoms with Gasteiger partial charge in [-0.3, -0.25) is 4.79 Å². The predicted molar refractivity (Wildman–Crippen MR) is 60.0 cm³/mol. The Balaban J connectivity index is 2.32. The summed E-state index contributed by atoms with van der Waals surface area (Å²) in [5.41, 5.74) is -0.0253. The average molecular weight is 238 g/mol. The van der Waals surface area contributed by atoms with Gasteiger partial charge in [-0.1, -0.05) is 0 Å². The van der Waals surface area contributed by atoms with Gasteiger partial charge in [0.25, 0.3) is 0 Å². The van der Waals surface area contributed by atoms with Crippen LogP contribution in [0.4, 0.5) is 0 Å². The molecule has 0 bridgehead atoms. The SMILES string of the molecule is CNC(=O)CCCOc1ccc(C(=O)O)nc1. The van der Waals surface area contributed by atoms with E-state index in [0.717, 1.165) is 0 Å². The van der Waals surface area contributed by atoms with Crippen LogP contribution in [0.25, 0.3) is 0 Å². The first-order valence-corrected chi connectivity index (χ1v) is 5.16. The molecule has 0 saturated heterocycles. The molecule has 0 unspecified atom stereocenters. The lowest BCUT2D eigenvalue weighted by Gasteiger charge is -2.05. The summed E-state index contributed by atoms with van der Waals surface area (Å²) in [6.07, 6.45) is 2.35. The van der Waals surface area contributed by atoms with Crippen LogP contribution in [-0.2, 0) is 4.79 Å². The highest BCUT2D eigenvalue weighted by Gasteiger charge is 2.04. The summed E-state index contributed by atoms with van der Waals surface area (Å²) in [6, 6.07) is 2.91. The van der Waals surface area contributed by atoms with E-state index in [2.05, 4.69) is 10.3 Å². The molecule has 6 heteroatoms. The molecule has 0 saturated carbocycles. The molecule has 0 aromatic carbocycles. The predicted octanol–water partition coefficient (Wildman–Crippen LogP) is 0.685. The molecule has 0 radical (unpaired) electrons. The Bertz CT molecular complexity index is 389. The highest BCUT2D eigenvalue weighted by atomic mass is 16.5. The van der Waals surface area contributed by atoms with Gasteiger partial charge >= 0.3 is 5.97 Å². The van der Waals surface area contributed by atoms with Crippen molar-refractivity contribution < 1.29 is 19.4 Å². The monoisotopic (exact) mass is 238 g/mol. The van der Waals surface area contributed by atoms with Crippen molar-refractivity contribution in [3.63, 3.8) is 0 Å². The van der Waals surface area contributed by atoms with E-state index in [9.17, 15) is 9.59 Å². The van der Waals surface area contributed by atoms with E-state index in [4.69, 9.17) is 9.84 Å². The zero-order chi connectivity index (χ0) is 12.7. The number of carbonyl (C=O) groups is 2. The number of nitrogens with one attached hydrogen (secondary N) is 1. The topological polar surface area (TPSA) is 88.5 Å². The van der Waals surface area contributed by atoms with Crippen molar-refractivity contribution in [2.24, 2.45) is 0 Å². The van der Waals surface area contributed by atoms with Crippen molar-refractivity contribution in [3.05, 3.63) is 24.0 Å². The Morgan fingerprint density at radius 1 is 1.47 bits per heavy atom. The van der Waals surface area contributed by atoms with Crippen molar-refractivity contribution >= 4 is 11.9 Å². The number of aromatic carboxylic acids is 1. The molecule has 1 rings (SSSR count). The summed E-state index contributed by atoms with van der Waals surface area (Å²) in [5, 5.41) is 11.1. The number of rotatable bonds is 6. The quantitative estimate of drug-likeness (QED) is 0.711. The Hall–Kier alpha value is -2.11.